The summed E-state index contributed by atoms with van der Waals surface area (Å²) in [7, 11) is 0. The van der Waals surface area contributed by atoms with Crippen LogP contribution in [0.25, 0.3) is 0 Å². The van der Waals surface area contributed by atoms with E-state index in [2.05, 4.69) is 10.3 Å². The molecule has 1 N–H and O–H groups in total. The number of rotatable bonds is 6. The van der Waals surface area contributed by atoms with E-state index in [0.717, 1.165) is 0 Å². The molecule has 0 radical (unpaired) electrons. The number of nitrogens with one attached hydrogen (secondary N) is 1. The highest BCUT2D eigenvalue weighted by Gasteiger charge is 2.22. The second-order valence-corrected chi connectivity index (χ2v) is 6.86. The van der Waals surface area contributed by atoms with Gasteiger partial charge < -0.3 is 5.32 Å². The Hall–Kier alpha value is -4.49. The summed E-state index contributed by atoms with van der Waals surface area (Å²) in [6.07, 6.45) is 1.59. The van der Waals surface area contributed by atoms with Gasteiger partial charge in [0, 0.05) is 29.9 Å². The quantitative estimate of drug-likeness (QED) is 0.672. The number of nitriles is 2. The van der Waals surface area contributed by atoms with Crippen LogP contribution in [0.1, 0.15) is 38.8 Å². The van der Waals surface area contributed by atoms with Crippen molar-refractivity contribution >= 4 is 17.6 Å². The summed E-state index contributed by atoms with van der Waals surface area (Å²) in [6.45, 7) is 1.99. The zero-order chi connectivity index (χ0) is 22.2. The fraction of sp³-hybridized carbons (Fsp3) is 0.125. The van der Waals surface area contributed by atoms with E-state index in [0.29, 0.717) is 28.1 Å². The number of pyridine rings is 1. The molecule has 0 saturated carbocycles. The van der Waals surface area contributed by atoms with Crippen LogP contribution in [-0.4, -0.2) is 29.4 Å². The minimum Gasteiger partial charge on any atom is -0.348 e. The Morgan fingerprint density at radius 1 is 0.935 bits per heavy atom. The van der Waals surface area contributed by atoms with Gasteiger partial charge in [0.1, 0.15) is 5.82 Å². The lowest BCUT2D eigenvalue weighted by molar-refractivity contribution is 0.0927. The van der Waals surface area contributed by atoms with E-state index in [1.165, 1.54) is 4.90 Å². The first kappa shape index (κ1) is 21.2. The molecule has 0 aliphatic carbocycles. The predicted molar refractivity (Wildman–Crippen MR) is 115 cm³/mol. The second kappa shape index (κ2) is 9.82. The molecule has 7 heteroatoms. The SMILES string of the molecule is C[C@H](CN(C(=O)c1ccc(C#N)cc1)c1ccccn1)NC(=O)c1ccc(C#N)cc1. The van der Waals surface area contributed by atoms with Crippen molar-refractivity contribution in [3.05, 3.63) is 95.2 Å². The Bertz CT molecular complexity index is 1140. The standard InChI is InChI=1S/C24H19N5O2/c1-17(28-23(30)20-9-5-18(14-25)6-10-20)16-29(22-4-2-3-13-27-22)24(31)21-11-7-19(15-26)8-12-21/h2-13,17H,16H2,1H3,(H,28,30)/t17-/m1/s1. The molecule has 0 unspecified atom stereocenters. The summed E-state index contributed by atoms with van der Waals surface area (Å²) < 4.78 is 0. The summed E-state index contributed by atoms with van der Waals surface area (Å²) in [6, 6.07) is 21.6. The highest BCUT2D eigenvalue weighted by atomic mass is 16.2. The first-order valence-electron chi connectivity index (χ1n) is 9.56. The molecule has 0 bridgehead atoms. The molecule has 0 aliphatic heterocycles. The Morgan fingerprint density at radius 2 is 1.52 bits per heavy atom. The van der Waals surface area contributed by atoms with E-state index in [9.17, 15) is 9.59 Å². The number of amides is 2. The Morgan fingerprint density at radius 3 is 2.03 bits per heavy atom. The molecule has 31 heavy (non-hydrogen) atoms. The number of benzene rings is 2. The van der Waals surface area contributed by atoms with Gasteiger partial charge >= 0.3 is 0 Å². The van der Waals surface area contributed by atoms with E-state index in [-0.39, 0.29) is 24.4 Å². The maximum atomic E-state index is 13.2. The largest absolute Gasteiger partial charge is 0.348 e. The highest BCUT2D eigenvalue weighted by molar-refractivity contribution is 6.05. The van der Waals surface area contributed by atoms with Gasteiger partial charge in [-0.05, 0) is 67.6 Å². The Kier molecular flexibility index (Phi) is 6.72. The topological polar surface area (TPSA) is 110 Å². The lowest BCUT2D eigenvalue weighted by Crippen LogP contribution is -2.44. The van der Waals surface area contributed by atoms with Crippen molar-refractivity contribution < 1.29 is 9.59 Å². The second-order valence-electron chi connectivity index (χ2n) is 6.86. The van der Waals surface area contributed by atoms with Gasteiger partial charge in [0.05, 0.1) is 23.3 Å². The molecule has 2 aromatic carbocycles. The molecule has 1 heterocycles. The monoisotopic (exact) mass is 409 g/mol. The molecule has 1 atom stereocenters. The van der Waals surface area contributed by atoms with Crippen LogP contribution in [-0.2, 0) is 0 Å². The summed E-state index contributed by atoms with van der Waals surface area (Å²) >= 11 is 0. The summed E-state index contributed by atoms with van der Waals surface area (Å²) in [5, 5.41) is 20.7. The first-order valence-corrected chi connectivity index (χ1v) is 9.56. The molecular formula is C24H19N5O2. The Labute approximate surface area is 180 Å². The first-order chi connectivity index (χ1) is 15.0. The van der Waals surface area contributed by atoms with Crippen LogP contribution in [0.4, 0.5) is 5.82 Å². The molecule has 2 amide bonds. The molecule has 1 aromatic heterocycles. The van der Waals surface area contributed by atoms with E-state index in [1.807, 2.05) is 12.1 Å². The molecule has 0 spiro atoms. The van der Waals surface area contributed by atoms with Crippen molar-refractivity contribution in [2.75, 3.05) is 11.4 Å². The third-order valence-corrected chi connectivity index (χ3v) is 4.54. The normalized spacial score (nSPS) is 10.9. The number of carbonyl (C=O) groups excluding carboxylic acids is 2. The number of aromatic nitrogens is 1. The van der Waals surface area contributed by atoms with Crippen molar-refractivity contribution in [3.63, 3.8) is 0 Å². The number of nitrogens with zero attached hydrogens (tertiary/aromatic N) is 4. The summed E-state index contributed by atoms with van der Waals surface area (Å²) in [5.74, 6) is -0.136. The summed E-state index contributed by atoms with van der Waals surface area (Å²) in [5.41, 5.74) is 1.77. The smallest absolute Gasteiger partial charge is 0.259 e. The lowest BCUT2D eigenvalue weighted by atomic mass is 10.1. The van der Waals surface area contributed by atoms with Crippen molar-refractivity contribution in [2.45, 2.75) is 13.0 Å². The van der Waals surface area contributed by atoms with Gasteiger partial charge in [-0.15, -0.1) is 0 Å². The van der Waals surface area contributed by atoms with Crippen LogP contribution in [0.3, 0.4) is 0 Å². The predicted octanol–water partition coefficient (Wildman–Crippen LogP) is 3.29. The molecule has 0 saturated heterocycles. The highest BCUT2D eigenvalue weighted by Crippen LogP contribution is 2.16. The molecular weight excluding hydrogens is 390 g/mol. The van der Waals surface area contributed by atoms with Gasteiger partial charge in [-0.1, -0.05) is 6.07 Å². The average molecular weight is 409 g/mol. The van der Waals surface area contributed by atoms with Crippen LogP contribution in [0.2, 0.25) is 0 Å². The van der Waals surface area contributed by atoms with Gasteiger partial charge in [-0.2, -0.15) is 10.5 Å². The van der Waals surface area contributed by atoms with Crippen LogP contribution in [0.5, 0.6) is 0 Å². The number of anilines is 1. The van der Waals surface area contributed by atoms with Crippen molar-refractivity contribution in [2.24, 2.45) is 0 Å². The van der Waals surface area contributed by atoms with Crippen LogP contribution < -0.4 is 10.2 Å². The van der Waals surface area contributed by atoms with E-state index in [1.54, 1.807) is 79.9 Å². The molecule has 3 rings (SSSR count). The van der Waals surface area contributed by atoms with Gasteiger partial charge in [-0.3, -0.25) is 14.5 Å². The van der Waals surface area contributed by atoms with E-state index >= 15 is 0 Å². The lowest BCUT2D eigenvalue weighted by Gasteiger charge is -2.26. The fourth-order valence-corrected chi connectivity index (χ4v) is 2.96. The maximum absolute atomic E-state index is 13.2. The number of carbonyl (C=O) groups is 2. The van der Waals surface area contributed by atoms with Gasteiger partial charge in [0.25, 0.3) is 11.8 Å². The molecule has 152 valence electrons. The van der Waals surface area contributed by atoms with Gasteiger partial charge in [0.15, 0.2) is 0 Å². The maximum Gasteiger partial charge on any atom is 0.259 e. The molecule has 0 fully saturated rings. The number of hydrogen-bond donors (Lipinski definition) is 1. The molecule has 3 aromatic rings. The van der Waals surface area contributed by atoms with Gasteiger partial charge in [-0.25, -0.2) is 4.98 Å². The fourth-order valence-electron chi connectivity index (χ4n) is 2.96. The number of hydrogen-bond acceptors (Lipinski definition) is 5. The van der Waals surface area contributed by atoms with Gasteiger partial charge in [0.2, 0.25) is 0 Å². The van der Waals surface area contributed by atoms with Crippen molar-refractivity contribution in [1.82, 2.24) is 10.3 Å². The zero-order valence-electron chi connectivity index (χ0n) is 16.8. The molecule has 7 nitrogen and oxygen atoms in total. The minimum absolute atomic E-state index is 0.192. The van der Waals surface area contributed by atoms with E-state index < -0.39 is 0 Å². The third-order valence-electron chi connectivity index (χ3n) is 4.54. The Balaban J connectivity index is 1.77. The van der Waals surface area contributed by atoms with Crippen molar-refractivity contribution in [1.29, 1.82) is 10.5 Å². The van der Waals surface area contributed by atoms with Crippen LogP contribution >= 0.6 is 0 Å². The average Bonchev–Trinajstić information content (AvgIpc) is 2.82. The third kappa shape index (κ3) is 5.31. The van der Waals surface area contributed by atoms with Crippen LogP contribution in [0.15, 0.2) is 72.9 Å². The zero-order valence-corrected chi connectivity index (χ0v) is 16.8. The molecule has 0 aliphatic rings. The minimum atomic E-state index is -0.382. The van der Waals surface area contributed by atoms with Crippen LogP contribution in [0, 0.1) is 22.7 Å². The van der Waals surface area contributed by atoms with E-state index in [4.69, 9.17) is 10.5 Å². The van der Waals surface area contributed by atoms with Crippen molar-refractivity contribution in [3.8, 4) is 12.1 Å². The summed E-state index contributed by atoms with van der Waals surface area (Å²) in [4.78, 5) is 31.5.